The predicted molar refractivity (Wildman–Crippen MR) is 106 cm³/mol. The third-order valence-corrected chi connectivity index (χ3v) is 5.49. The molecule has 1 aromatic carbocycles. The Morgan fingerprint density at radius 2 is 1.77 bits per heavy atom. The Bertz CT molecular complexity index is 737. The maximum absolute atomic E-state index is 4.38. The quantitative estimate of drug-likeness (QED) is 0.841. The molecule has 26 heavy (non-hydrogen) atoms. The Balaban J connectivity index is 1.74. The van der Waals surface area contributed by atoms with Crippen LogP contribution in [0.25, 0.3) is 0 Å². The molecule has 0 bridgehead atoms. The number of benzene rings is 1. The second-order valence-corrected chi connectivity index (χ2v) is 8.29. The highest BCUT2D eigenvalue weighted by molar-refractivity contribution is 5.56. The molecular weight excluding hydrogens is 324 g/mol. The van der Waals surface area contributed by atoms with Crippen molar-refractivity contribution in [1.82, 2.24) is 25.1 Å². The molecule has 1 aliphatic heterocycles. The first-order chi connectivity index (χ1) is 12.3. The summed E-state index contributed by atoms with van der Waals surface area (Å²) in [4.78, 5) is 5.05. The van der Waals surface area contributed by atoms with Gasteiger partial charge < -0.3 is 4.90 Å². The first-order valence-electron chi connectivity index (χ1n) is 9.67. The van der Waals surface area contributed by atoms with Crippen molar-refractivity contribution in [3.63, 3.8) is 0 Å². The van der Waals surface area contributed by atoms with Crippen LogP contribution in [-0.2, 0) is 5.54 Å². The third-order valence-electron chi connectivity index (χ3n) is 5.49. The first-order valence-corrected chi connectivity index (χ1v) is 9.67. The van der Waals surface area contributed by atoms with E-state index in [0.29, 0.717) is 0 Å². The van der Waals surface area contributed by atoms with Crippen molar-refractivity contribution in [3.8, 4) is 0 Å². The summed E-state index contributed by atoms with van der Waals surface area (Å²) in [6.45, 7) is 17.2. The average molecular weight is 357 g/mol. The molecule has 6 nitrogen and oxygen atoms in total. The number of piperazine rings is 1. The number of aryl methyl sites for hydroxylation is 1. The first kappa shape index (κ1) is 18.8. The highest BCUT2D eigenvalue weighted by Crippen LogP contribution is 2.29. The van der Waals surface area contributed by atoms with Gasteiger partial charge in [0, 0.05) is 31.9 Å². The molecule has 0 saturated carbocycles. The Hall–Kier alpha value is -1.95. The van der Waals surface area contributed by atoms with Crippen LogP contribution in [0.5, 0.6) is 0 Å². The van der Waals surface area contributed by atoms with Crippen LogP contribution in [0.4, 0.5) is 5.69 Å². The van der Waals surface area contributed by atoms with E-state index in [4.69, 9.17) is 0 Å². The third kappa shape index (κ3) is 3.61. The number of tetrazole rings is 1. The highest BCUT2D eigenvalue weighted by atomic mass is 15.6. The largest absolute Gasteiger partial charge is 0.369 e. The maximum Gasteiger partial charge on any atom is 0.168 e. The van der Waals surface area contributed by atoms with Crippen LogP contribution in [0.3, 0.4) is 0 Å². The Morgan fingerprint density at radius 3 is 2.38 bits per heavy atom. The lowest BCUT2D eigenvalue weighted by atomic mass is 10.1. The van der Waals surface area contributed by atoms with Crippen molar-refractivity contribution >= 4 is 5.69 Å². The van der Waals surface area contributed by atoms with Gasteiger partial charge in [0.2, 0.25) is 0 Å². The van der Waals surface area contributed by atoms with Crippen molar-refractivity contribution in [3.05, 3.63) is 35.2 Å². The van der Waals surface area contributed by atoms with Crippen LogP contribution in [0.15, 0.2) is 18.2 Å². The van der Waals surface area contributed by atoms with E-state index in [9.17, 15) is 0 Å². The smallest absolute Gasteiger partial charge is 0.168 e. The van der Waals surface area contributed by atoms with Gasteiger partial charge in [0.25, 0.3) is 0 Å². The standard InChI is InChI=1S/C20H32N6/c1-7-17(19-21-22-23-26(19)20(4,5)6)24-11-13-25(14-12-24)18-10-8-9-15(2)16(18)3/h8-10,17H,7,11-14H2,1-6H3. The minimum absolute atomic E-state index is 0.104. The molecule has 0 amide bonds. The molecule has 0 radical (unpaired) electrons. The molecular formula is C20H32N6. The lowest BCUT2D eigenvalue weighted by Gasteiger charge is -2.40. The van der Waals surface area contributed by atoms with Crippen LogP contribution in [-0.4, -0.2) is 51.3 Å². The van der Waals surface area contributed by atoms with Gasteiger partial charge in [0.05, 0.1) is 11.6 Å². The van der Waals surface area contributed by atoms with E-state index in [1.165, 1.54) is 16.8 Å². The molecule has 0 aliphatic carbocycles. The monoisotopic (exact) mass is 356 g/mol. The molecule has 0 N–H and O–H groups in total. The molecule has 0 spiro atoms. The van der Waals surface area contributed by atoms with Crippen LogP contribution < -0.4 is 4.90 Å². The van der Waals surface area contributed by atoms with Gasteiger partial charge in [-0.25, -0.2) is 4.68 Å². The van der Waals surface area contributed by atoms with Gasteiger partial charge in [0.15, 0.2) is 5.82 Å². The van der Waals surface area contributed by atoms with Crippen LogP contribution >= 0.6 is 0 Å². The van der Waals surface area contributed by atoms with Crippen molar-refractivity contribution in [2.75, 3.05) is 31.1 Å². The molecule has 2 aromatic rings. The number of hydrogen-bond acceptors (Lipinski definition) is 5. The zero-order chi connectivity index (χ0) is 18.9. The second kappa shape index (κ2) is 7.35. The SMILES string of the molecule is CCC(c1nnnn1C(C)(C)C)N1CCN(c2cccc(C)c2C)CC1. The van der Waals surface area contributed by atoms with E-state index in [0.717, 1.165) is 38.4 Å². The number of hydrogen-bond donors (Lipinski definition) is 0. The van der Waals surface area contributed by atoms with Crippen molar-refractivity contribution in [2.24, 2.45) is 0 Å². The summed E-state index contributed by atoms with van der Waals surface area (Å²) < 4.78 is 1.98. The van der Waals surface area contributed by atoms with E-state index in [-0.39, 0.29) is 11.6 Å². The zero-order valence-corrected chi connectivity index (χ0v) is 17.0. The Labute approximate surface area is 157 Å². The number of aromatic nitrogens is 4. The molecule has 1 saturated heterocycles. The van der Waals surface area contributed by atoms with E-state index in [1.54, 1.807) is 0 Å². The second-order valence-electron chi connectivity index (χ2n) is 8.29. The molecule has 3 rings (SSSR count). The Kier molecular flexibility index (Phi) is 5.32. The fourth-order valence-corrected chi connectivity index (χ4v) is 3.84. The van der Waals surface area contributed by atoms with Crippen LogP contribution in [0.2, 0.25) is 0 Å². The molecule has 1 atom stereocenters. The summed E-state index contributed by atoms with van der Waals surface area (Å²) >= 11 is 0. The van der Waals surface area contributed by atoms with Crippen molar-refractivity contribution in [2.45, 2.75) is 59.5 Å². The van der Waals surface area contributed by atoms with Crippen molar-refractivity contribution in [1.29, 1.82) is 0 Å². The summed E-state index contributed by atoms with van der Waals surface area (Å²) in [6.07, 6.45) is 1.01. The highest BCUT2D eigenvalue weighted by Gasteiger charge is 2.31. The minimum atomic E-state index is -0.104. The molecule has 1 aromatic heterocycles. The van der Waals surface area contributed by atoms with Crippen molar-refractivity contribution < 1.29 is 0 Å². The molecule has 6 heteroatoms. The minimum Gasteiger partial charge on any atom is -0.369 e. The van der Waals surface area contributed by atoms with Gasteiger partial charge in [-0.05, 0) is 68.7 Å². The van der Waals surface area contributed by atoms with Gasteiger partial charge in [-0.1, -0.05) is 19.1 Å². The summed E-state index contributed by atoms with van der Waals surface area (Å²) in [5.74, 6) is 0.986. The fourth-order valence-electron chi connectivity index (χ4n) is 3.84. The number of anilines is 1. The zero-order valence-electron chi connectivity index (χ0n) is 17.0. The van der Waals surface area contributed by atoms with Gasteiger partial charge in [-0.2, -0.15) is 0 Å². The van der Waals surface area contributed by atoms with Crippen LogP contribution in [0, 0.1) is 13.8 Å². The summed E-state index contributed by atoms with van der Waals surface area (Å²) in [5.41, 5.74) is 4.02. The van der Waals surface area contributed by atoms with Gasteiger partial charge in [-0.15, -0.1) is 5.10 Å². The van der Waals surface area contributed by atoms with E-state index >= 15 is 0 Å². The summed E-state index contributed by atoms with van der Waals surface area (Å²) in [7, 11) is 0. The lowest BCUT2D eigenvalue weighted by molar-refractivity contribution is 0.161. The van der Waals surface area contributed by atoms with E-state index < -0.39 is 0 Å². The number of nitrogens with zero attached hydrogens (tertiary/aromatic N) is 6. The lowest BCUT2D eigenvalue weighted by Crippen LogP contribution is -2.48. The van der Waals surface area contributed by atoms with E-state index in [2.05, 4.69) is 85.1 Å². The molecule has 1 unspecified atom stereocenters. The summed E-state index contributed by atoms with van der Waals surface area (Å²) in [6, 6.07) is 6.87. The molecule has 1 aliphatic rings. The van der Waals surface area contributed by atoms with Gasteiger partial charge in [0.1, 0.15) is 0 Å². The molecule has 1 fully saturated rings. The molecule has 142 valence electrons. The molecule has 2 heterocycles. The predicted octanol–water partition coefficient (Wildman–Crippen LogP) is 3.32. The fraction of sp³-hybridized carbons (Fsp3) is 0.650. The maximum atomic E-state index is 4.38. The van der Waals surface area contributed by atoms with Gasteiger partial charge in [-0.3, -0.25) is 4.90 Å². The topological polar surface area (TPSA) is 50.1 Å². The Morgan fingerprint density at radius 1 is 1.08 bits per heavy atom. The average Bonchev–Trinajstić information content (AvgIpc) is 3.09. The summed E-state index contributed by atoms with van der Waals surface area (Å²) in [5, 5.41) is 12.6. The normalized spacial score (nSPS) is 17.5. The van der Waals surface area contributed by atoms with Crippen LogP contribution in [0.1, 0.15) is 57.1 Å². The van der Waals surface area contributed by atoms with Gasteiger partial charge >= 0.3 is 0 Å². The number of rotatable bonds is 4. The van der Waals surface area contributed by atoms with E-state index in [1.807, 2.05) is 4.68 Å².